The van der Waals surface area contributed by atoms with Crippen molar-refractivity contribution in [2.24, 2.45) is 11.8 Å². The molecule has 4 N–H and O–H groups in total. The summed E-state index contributed by atoms with van der Waals surface area (Å²) in [6.45, 7) is 12.9. The number of hydrogen-bond acceptors (Lipinski definition) is 10. The number of carbonyl (C=O) groups is 4. The summed E-state index contributed by atoms with van der Waals surface area (Å²) in [6, 6.07) is 6.37. The number of imidazole rings is 2. The van der Waals surface area contributed by atoms with E-state index in [2.05, 4.69) is 20.6 Å². The lowest BCUT2D eigenvalue weighted by atomic mass is 9.87. The SMILES string of the molecule is COC(=O)N[C@H](C(=O)N1CCC[C@@]1(C)c1nc(Cl)c(-c2cc3c4c(c2)OCc2cc(-c5[nH]c([C@]6(C)CCCN6C(=O)[C@@H](NC(=O)OC)C(C)C)nc5Cl)cc(c2-4)OC3)[nH]1)C(C)C. The number of amides is 4. The molecule has 0 radical (unpaired) electrons. The zero-order valence-corrected chi connectivity index (χ0v) is 37.6. The molecule has 2 saturated heterocycles. The van der Waals surface area contributed by atoms with Gasteiger partial charge in [0, 0.05) is 46.5 Å². The topological polar surface area (TPSA) is 193 Å². The molecule has 330 valence electrons. The normalized spacial score (nSPS) is 21.0. The summed E-state index contributed by atoms with van der Waals surface area (Å²) < 4.78 is 22.5. The quantitative estimate of drug-likeness (QED) is 0.123. The number of nitrogens with one attached hydrogen (secondary N) is 4. The van der Waals surface area contributed by atoms with Crippen LogP contribution in [0.1, 0.15) is 90.0 Å². The Bertz CT molecular complexity index is 2250. The average molecular weight is 892 g/mol. The van der Waals surface area contributed by atoms with Crippen LogP contribution in [-0.4, -0.2) is 93.1 Å². The molecule has 6 heterocycles. The minimum absolute atomic E-state index is 0.177. The highest BCUT2D eigenvalue weighted by Gasteiger charge is 2.48. The van der Waals surface area contributed by atoms with Gasteiger partial charge in [0.05, 0.1) is 36.7 Å². The van der Waals surface area contributed by atoms with Crippen LogP contribution < -0.4 is 20.1 Å². The van der Waals surface area contributed by atoms with E-state index in [1.54, 1.807) is 9.80 Å². The first-order valence-electron chi connectivity index (χ1n) is 20.9. The maximum Gasteiger partial charge on any atom is 0.407 e. The molecule has 16 nitrogen and oxygen atoms in total. The number of rotatable bonds is 10. The van der Waals surface area contributed by atoms with Crippen molar-refractivity contribution >= 4 is 47.2 Å². The van der Waals surface area contributed by atoms with E-state index in [0.29, 0.717) is 60.5 Å². The molecule has 2 aromatic heterocycles. The highest BCUT2D eigenvalue weighted by Crippen LogP contribution is 2.52. The van der Waals surface area contributed by atoms with Crippen molar-refractivity contribution in [1.82, 2.24) is 40.4 Å². The number of aromatic amines is 2. The molecule has 4 aromatic rings. The standard InChI is InChI=1S/C44H52Cl2N8O8/c1-21(2)31(49-41(57)59-7)37(55)53-13-9-11-43(53,5)39-47-33(35(45)51-39)23-15-25-19-62-28-18-24(16-26-20-61-27(17-23)29(25)30(26)28)34-36(46)52-40(48-34)44(6)12-10-14-54(44)38(56)32(22(3)4)50-42(58)60-8/h15-18,21-22,31-32H,9-14,19-20H2,1-8H3,(H,47,51)(H,48,52)(H,49,57)(H,50,58)/t31-,32-,43-,44-/m0/s1. The van der Waals surface area contributed by atoms with Crippen LogP contribution in [0.25, 0.3) is 33.6 Å². The minimum Gasteiger partial charge on any atom is -0.488 e. The predicted molar refractivity (Wildman–Crippen MR) is 231 cm³/mol. The van der Waals surface area contributed by atoms with Crippen LogP contribution in [0.4, 0.5) is 9.59 Å². The van der Waals surface area contributed by atoms with Crippen molar-refractivity contribution in [3.63, 3.8) is 0 Å². The third-order valence-corrected chi connectivity index (χ3v) is 13.4. The number of carbonyl (C=O) groups excluding carboxylic acids is 4. The maximum atomic E-state index is 13.9. The fourth-order valence-electron chi connectivity index (χ4n) is 9.43. The molecule has 0 spiro atoms. The molecule has 8 rings (SSSR count). The lowest BCUT2D eigenvalue weighted by Crippen LogP contribution is -2.55. The van der Waals surface area contributed by atoms with E-state index >= 15 is 0 Å². The van der Waals surface area contributed by atoms with Crippen molar-refractivity contribution in [3.8, 4) is 45.1 Å². The van der Waals surface area contributed by atoms with E-state index < -0.39 is 35.3 Å². The van der Waals surface area contributed by atoms with Crippen LogP contribution in [0.2, 0.25) is 10.3 Å². The lowest BCUT2D eigenvalue weighted by molar-refractivity contribution is -0.139. The third kappa shape index (κ3) is 7.27. The van der Waals surface area contributed by atoms with Crippen LogP contribution in [0, 0.1) is 11.8 Å². The number of methoxy groups -OCH3 is 2. The van der Waals surface area contributed by atoms with Gasteiger partial charge in [-0.3, -0.25) is 9.59 Å². The summed E-state index contributed by atoms with van der Waals surface area (Å²) in [6.07, 6.45) is 1.47. The highest BCUT2D eigenvalue weighted by atomic mass is 35.5. The number of nitrogens with zero attached hydrogens (tertiary/aromatic N) is 4. The number of halogens is 2. The molecule has 4 amide bonds. The van der Waals surface area contributed by atoms with Gasteiger partial charge in [-0.05, 0) is 75.6 Å². The number of benzene rings is 2. The molecular weight excluding hydrogens is 839 g/mol. The number of hydrogen-bond donors (Lipinski definition) is 4. The van der Waals surface area contributed by atoms with E-state index in [9.17, 15) is 19.2 Å². The van der Waals surface area contributed by atoms with Gasteiger partial charge in [0.25, 0.3) is 0 Å². The van der Waals surface area contributed by atoms with Crippen molar-refractivity contribution < 1.29 is 38.1 Å². The fourth-order valence-corrected chi connectivity index (χ4v) is 9.91. The summed E-state index contributed by atoms with van der Waals surface area (Å²) in [7, 11) is 2.54. The summed E-state index contributed by atoms with van der Waals surface area (Å²) >= 11 is 13.8. The van der Waals surface area contributed by atoms with Crippen molar-refractivity contribution in [2.45, 2.75) is 104 Å². The van der Waals surface area contributed by atoms with Crippen LogP contribution in [0.3, 0.4) is 0 Å². The summed E-state index contributed by atoms with van der Waals surface area (Å²) in [5.74, 6) is 1.65. The molecule has 0 unspecified atom stereocenters. The van der Waals surface area contributed by atoms with Crippen molar-refractivity contribution in [1.29, 1.82) is 0 Å². The first-order valence-corrected chi connectivity index (χ1v) is 21.7. The highest BCUT2D eigenvalue weighted by molar-refractivity contribution is 6.32. The Kier molecular flexibility index (Phi) is 11.4. The fraction of sp³-hybridized carbons (Fsp3) is 0.500. The number of ether oxygens (including phenoxy) is 4. The summed E-state index contributed by atoms with van der Waals surface area (Å²) in [5, 5.41) is 5.91. The van der Waals surface area contributed by atoms with E-state index in [-0.39, 0.29) is 47.2 Å². The Balaban J connectivity index is 1.07. The maximum absolute atomic E-state index is 13.9. The molecular formula is C44H52Cl2N8O8. The van der Waals surface area contributed by atoms with E-state index in [4.69, 9.17) is 52.1 Å². The van der Waals surface area contributed by atoms with Gasteiger partial charge in [-0.25, -0.2) is 19.6 Å². The summed E-state index contributed by atoms with van der Waals surface area (Å²) in [5.41, 5.74) is 4.76. The van der Waals surface area contributed by atoms with Crippen molar-refractivity contribution in [2.75, 3.05) is 27.3 Å². The first-order chi connectivity index (χ1) is 29.5. The second kappa shape index (κ2) is 16.3. The predicted octanol–water partition coefficient (Wildman–Crippen LogP) is 7.66. The molecule has 2 fully saturated rings. The Morgan fingerprint density at radius 3 is 1.44 bits per heavy atom. The zero-order chi connectivity index (χ0) is 44.4. The van der Waals surface area contributed by atoms with Crippen LogP contribution in [0.5, 0.6) is 11.5 Å². The molecule has 4 aliphatic heterocycles. The molecule has 4 atom stereocenters. The Hall–Kier alpha value is -5.48. The van der Waals surface area contributed by atoms with Crippen molar-refractivity contribution in [3.05, 3.63) is 57.3 Å². The van der Waals surface area contributed by atoms with Gasteiger partial charge in [0.1, 0.15) is 48.4 Å². The Morgan fingerprint density at radius 1 is 0.694 bits per heavy atom. The summed E-state index contributed by atoms with van der Waals surface area (Å²) in [4.78, 5) is 72.1. The zero-order valence-electron chi connectivity index (χ0n) is 36.1. The van der Waals surface area contributed by atoms with E-state index in [1.807, 2.05) is 65.8 Å². The number of aromatic nitrogens is 4. The van der Waals surface area contributed by atoms with Gasteiger partial charge < -0.3 is 49.3 Å². The van der Waals surface area contributed by atoms with Gasteiger partial charge in [0.2, 0.25) is 11.8 Å². The smallest absolute Gasteiger partial charge is 0.407 e. The average Bonchev–Trinajstić information content (AvgIpc) is 4.05. The third-order valence-electron chi connectivity index (χ3n) is 12.9. The Labute approximate surface area is 369 Å². The molecule has 18 heteroatoms. The number of alkyl carbamates (subject to hydrolysis) is 2. The number of likely N-dealkylation sites (tertiary alicyclic amines) is 2. The van der Waals surface area contributed by atoms with Gasteiger partial charge in [0.15, 0.2) is 10.3 Å². The van der Waals surface area contributed by atoms with Crippen LogP contribution >= 0.6 is 23.2 Å². The monoisotopic (exact) mass is 890 g/mol. The van der Waals surface area contributed by atoms with Gasteiger partial charge >= 0.3 is 12.2 Å². The van der Waals surface area contributed by atoms with Crippen LogP contribution in [0.15, 0.2) is 24.3 Å². The lowest BCUT2D eigenvalue weighted by Gasteiger charge is -2.37. The largest absolute Gasteiger partial charge is 0.488 e. The molecule has 62 heavy (non-hydrogen) atoms. The molecule has 2 aromatic carbocycles. The minimum atomic E-state index is -0.804. The van der Waals surface area contributed by atoms with E-state index in [1.165, 1.54) is 14.2 Å². The second-order valence-corrected chi connectivity index (χ2v) is 18.3. The second-order valence-electron chi connectivity index (χ2n) is 17.5. The van der Waals surface area contributed by atoms with E-state index in [0.717, 1.165) is 46.2 Å². The molecule has 0 bridgehead atoms. The molecule has 0 aliphatic carbocycles. The number of H-pyrrole nitrogens is 2. The molecule has 4 aliphatic rings. The van der Waals surface area contributed by atoms with Gasteiger partial charge in [-0.1, -0.05) is 50.9 Å². The van der Waals surface area contributed by atoms with Gasteiger partial charge in [-0.15, -0.1) is 0 Å². The first kappa shape index (κ1) is 43.2. The van der Waals surface area contributed by atoms with Gasteiger partial charge in [-0.2, -0.15) is 0 Å². The Morgan fingerprint density at radius 2 is 1.08 bits per heavy atom. The van der Waals surface area contributed by atoms with Crippen LogP contribution in [-0.2, 0) is 43.4 Å². The molecule has 0 saturated carbocycles.